The molecule has 2 fully saturated rings. The average molecular weight is 283 g/mol. The van der Waals surface area contributed by atoms with Gasteiger partial charge in [0.1, 0.15) is 6.61 Å². The number of hydrogen-bond acceptors (Lipinski definition) is 4. The van der Waals surface area contributed by atoms with E-state index in [4.69, 9.17) is 4.74 Å². The molecule has 6 nitrogen and oxygen atoms in total. The van der Waals surface area contributed by atoms with Gasteiger partial charge >= 0.3 is 12.1 Å². The van der Waals surface area contributed by atoms with Crippen molar-refractivity contribution in [3.8, 4) is 0 Å². The van der Waals surface area contributed by atoms with Crippen LogP contribution in [0.1, 0.15) is 32.1 Å². The van der Waals surface area contributed by atoms with Gasteiger partial charge < -0.3 is 19.8 Å². The molecule has 2 aliphatic rings. The molecule has 2 rings (SSSR count). The average Bonchev–Trinajstić information content (AvgIpc) is 2.33. The van der Waals surface area contributed by atoms with Crippen molar-refractivity contribution in [3.63, 3.8) is 0 Å². The van der Waals surface area contributed by atoms with E-state index in [-0.39, 0.29) is 13.2 Å². The van der Waals surface area contributed by atoms with Crippen molar-refractivity contribution in [2.75, 3.05) is 19.7 Å². The first-order valence-corrected chi connectivity index (χ1v) is 6.94. The molecule has 0 aromatic rings. The Hall–Kier alpha value is -1.56. The summed E-state index contributed by atoms with van der Waals surface area (Å²) < 4.78 is 4.96. The molecule has 0 aromatic heterocycles. The quantitative estimate of drug-likeness (QED) is 0.761. The number of nitrogens with zero attached hydrogens (tertiary/aromatic N) is 1. The van der Waals surface area contributed by atoms with Crippen LogP contribution in [0.4, 0.5) is 4.79 Å². The second kappa shape index (κ2) is 5.44. The zero-order valence-corrected chi connectivity index (χ0v) is 11.5. The molecule has 6 heteroatoms. The van der Waals surface area contributed by atoms with Gasteiger partial charge in [-0.1, -0.05) is 19.1 Å². The lowest BCUT2D eigenvalue weighted by Gasteiger charge is -2.53. The van der Waals surface area contributed by atoms with E-state index in [0.717, 1.165) is 6.42 Å². The third-order valence-electron chi connectivity index (χ3n) is 4.56. The number of β-amino-alcohol motifs (C(OH)–C–C–N with tert-alkyl or cyclic N) is 1. The van der Waals surface area contributed by atoms with Gasteiger partial charge in [-0.05, 0) is 25.7 Å². The maximum Gasteiger partial charge on any atom is 0.410 e. The maximum absolute atomic E-state index is 11.8. The van der Waals surface area contributed by atoms with E-state index in [1.165, 1.54) is 11.0 Å². The summed E-state index contributed by atoms with van der Waals surface area (Å²) in [5.41, 5.74) is -2.47. The van der Waals surface area contributed by atoms with Gasteiger partial charge in [-0.15, -0.1) is 0 Å². The van der Waals surface area contributed by atoms with Crippen molar-refractivity contribution in [3.05, 3.63) is 12.7 Å². The van der Waals surface area contributed by atoms with E-state index in [0.29, 0.717) is 32.2 Å². The number of hydrogen-bond donors (Lipinski definition) is 2. The highest BCUT2D eigenvalue weighted by Gasteiger charge is 2.60. The Labute approximate surface area is 118 Å². The van der Waals surface area contributed by atoms with Gasteiger partial charge in [0, 0.05) is 6.54 Å². The molecule has 1 saturated carbocycles. The number of aliphatic hydroxyl groups is 1. The number of rotatable bonds is 4. The summed E-state index contributed by atoms with van der Waals surface area (Å²) in [5.74, 6) is -0.965. The van der Waals surface area contributed by atoms with Gasteiger partial charge in [0.2, 0.25) is 0 Å². The summed E-state index contributed by atoms with van der Waals surface area (Å²) >= 11 is 0. The molecular weight excluding hydrogens is 262 g/mol. The number of amides is 1. The molecule has 0 spiro atoms. The molecule has 1 saturated heterocycles. The van der Waals surface area contributed by atoms with E-state index in [2.05, 4.69) is 6.58 Å². The number of carbonyl (C=O) groups excluding carboxylic acids is 1. The standard InChI is InChI=1S/C14H21NO5/c1-2-9-20-12(18)15-8-4-7-14(19,10-15)13(11(16)17)5-3-6-13/h2,19H,1,3-10H2,(H,16,17). The Balaban J connectivity index is 2.10. The molecule has 1 unspecified atom stereocenters. The number of carbonyl (C=O) groups is 2. The van der Waals surface area contributed by atoms with E-state index < -0.39 is 23.1 Å². The number of aliphatic carboxylic acids is 1. The first-order chi connectivity index (χ1) is 9.45. The molecular formula is C14H21NO5. The van der Waals surface area contributed by atoms with E-state index >= 15 is 0 Å². The molecule has 1 aliphatic carbocycles. The second-order valence-electron chi connectivity index (χ2n) is 5.66. The summed E-state index contributed by atoms with van der Waals surface area (Å²) in [6.45, 7) is 4.08. The number of ether oxygens (including phenoxy) is 1. The molecule has 2 N–H and O–H groups in total. The van der Waals surface area contributed by atoms with Gasteiger partial charge in [-0.25, -0.2) is 4.79 Å². The fraction of sp³-hybridized carbons (Fsp3) is 0.714. The van der Waals surface area contributed by atoms with Crippen molar-refractivity contribution in [2.45, 2.75) is 37.7 Å². The van der Waals surface area contributed by atoms with Crippen LogP contribution in [0.2, 0.25) is 0 Å². The number of likely N-dealkylation sites (tertiary alicyclic amines) is 1. The van der Waals surface area contributed by atoms with Crippen LogP contribution < -0.4 is 0 Å². The second-order valence-corrected chi connectivity index (χ2v) is 5.66. The van der Waals surface area contributed by atoms with Gasteiger partial charge in [-0.3, -0.25) is 4.79 Å². The zero-order chi connectivity index (χ0) is 14.8. The van der Waals surface area contributed by atoms with Crippen LogP contribution in [-0.2, 0) is 9.53 Å². The molecule has 1 amide bonds. The minimum absolute atomic E-state index is 0.0231. The van der Waals surface area contributed by atoms with Crippen LogP contribution in [0.5, 0.6) is 0 Å². The topological polar surface area (TPSA) is 87.1 Å². The Kier molecular flexibility index (Phi) is 4.04. The van der Waals surface area contributed by atoms with E-state index in [1.54, 1.807) is 0 Å². The van der Waals surface area contributed by atoms with Gasteiger partial charge in [-0.2, -0.15) is 0 Å². The lowest BCUT2D eigenvalue weighted by molar-refractivity contribution is -0.193. The fourth-order valence-corrected chi connectivity index (χ4v) is 3.21. The monoisotopic (exact) mass is 283 g/mol. The lowest BCUT2D eigenvalue weighted by atomic mass is 9.56. The normalized spacial score (nSPS) is 28.4. The predicted molar refractivity (Wildman–Crippen MR) is 71.2 cm³/mol. The first-order valence-electron chi connectivity index (χ1n) is 6.94. The minimum atomic E-state index is -1.36. The Bertz CT molecular complexity index is 418. The molecule has 0 bridgehead atoms. The van der Waals surface area contributed by atoms with Gasteiger partial charge in [0.25, 0.3) is 0 Å². The number of carboxylic acid groups (broad SMARTS) is 1. The molecule has 0 radical (unpaired) electrons. The smallest absolute Gasteiger partial charge is 0.410 e. The first kappa shape index (κ1) is 14.8. The maximum atomic E-state index is 11.8. The van der Waals surface area contributed by atoms with E-state index in [1.807, 2.05) is 0 Å². The summed E-state index contributed by atoms with van der Waals surface area (Å²) in [5, 5.41) is 20.3. The SMILES string of the molecule is C=CCOC(=O)N1CCCC(O)(C2(C(=O)O)CCC2)C1. The zero-order valence-electron chi connectivity index (χ0n) is 11.5. The van der Waals surface area contributed by atoms with Crippen LogP contribution >= 0.6 is 0 Å². The van der Waals surface area contributed by atoms with Crippen LogP contribution in [0, 0.1) is 5.41 Å². The number of carboxylic acids is 1. The van der Waals surface area contributed by atoms with Gasteiger partial charge in [0.05, 0.1) is 17.6 Å². The minimum Gasteiger partial charge on any atom is -0.481 e. The fourth-order valence-electron chi connectivity index (χ4n) is 3.21. The third kappa shape index (κ3) is 2.28. The highest BCUT2D eigenvalue weighted by Crippen LogP contribution is 2.52. The Morgan fingerprint density at radius 1 is 1.30 bits per heavy atom. The molecule has 112 valence electrons. The van der Waals surface area contributed by atoms with Crippen molar-refractivity contribution in [1.29, 1.82) is 0 Å². The number of piperidine rings is 1. The lowest BCUT2D eigenvalue weighted by Crippen LogP contribution is -2.64. The molecule has 1 aliphatic heterocycles. The van der Waals surface area contributed by atoms with Crippen LogP contribution in [0.25, 0.3) is 0 Å². The predicted octanol–water partition coefficient (Wildman–Crippen LogP) is 1.39. The largest absolute Gasteiger partial charge is 0.481 e. The molecule has 20 heavy (non-hydrogen) atoms. The highest BCUT2D eigenvalue weighted by atomic mass is 16.6. The van der Waals surface area contributed by atoms with Crippen molar-refractivity contribution < 1.29 is 24.5 Å². The van der Waals surface area contributed by atoms with Crippen LogP contribution in [0.3, 0.4) is 0 Å². The third-order valence-corrected chi connectivity index (χ3v) is 4.56. The van der Waals surface area contributed by atoms with Crippen molar-refractivity contribution in [2.24, 2.45) is 5.41 Å². The Morgan fingerprint density at radius 3 is 2.50 bits per heavy atom. The van der Waals surface area contributed by atoms with Crippen molar-refractivity contribution >= 4 is 12.1 Å². The summed E-state index contributed by atoms with van der Waals surface area (Å²) in [4.78, 5) is 24.8. The summed E-state index contributed by atoms with van der Waals surface area (Å²) in [7, 11) is 0. The van der Waals surface area contributed by atoms with Crippen LogP contribution in [0.15, 0.2) is 12.7 Å². The summed E-state index contributed by atoms with van der Waals surface area (Å²) in [6, 6.07) is 0. The summed E-state index contributed by atoms with van der Waals surface area (Å²) in [6.07, 6.45) is 3.67. The van der Waals surface area contributed by atoms with Crippen molar-refractivity contribution in [1.82, 2.24) is 4.90 Å². The Morgan fingerprint density at radius 2 is 2.00 bits per heavy atom. The molecule has 0 aromatic carbocycles. The highest BCUT2D eigenvalue weighted by molar-refractivity contribution is 5.78. The van der Waals surface area contributed by atoms with E-state index in [9.17, 15) is 19.8 Å². The van der Waals surface area contributed by atoms with Crippen LogP contribution in [-0.4, -0.2) is 52.5 Å². The molecule has 1 atom stereocenters. The molecule has 1 heterocycles. The van der Waals surface area contributed by atoms with Gasteiger partial charge in [0.15, 0.2) is 0 Å².